The van der Waals surface area contributed by atoms with E-state index in [-0.39, 0.29) is 6.54 Å². The van der Waals surface area contributed by atoms with Crippen molar-refractivity contribution < 1.29 is 15.0 Å². The number of halogens is 1. The number of hydrogen-bond donors (Lipinski definition) is 4. The topological polar surface area (TPSA) is 81.6 Å². The monoisotopic (exact) mass is 258 g/mol. The molecule has 5 nitrogen and oxygen atoms in total. The maximum atomic E-state index is 11.4. The van der Waals surface area contributed by atoms with E-state index in [4.69, 9.17) is 21.8 Å². The zero-order valence-electron chi connectivity index (χ0n) is 9.40. The van der Waals surface area contributed by atoms with Crippen molar-refractivity contribution in [3.8, 4) is 0 Å². The first-order chi connectivity index (χ1) is 8.02. The molecule has 17 heavy (non-hydrogen) atoms. The molecule has 0 aromatic heterocycles. The fourth-order valence-electron chi connectivity index (χ4n) is 1.17. The number of aliphatic hydroxyl groups is 2. The molecule has 0 aliphatic carbocycles. The number of anilines is 1. The molecule has 94 valence electrons. The molecule has 1 unspecified atom stereocenters. The van der Waals surface area contributed by atoms with Crippen LogP contribution >= 0.6 is 11.6 Å². The number of aliphatic hydroxyl groups excluding tert-OH is 2. The molecule has 6 heteroatoms. The van der Waals surface area contributed by atoms with Crippen LogP contribution in [0.3, 0.4) is 0 Å². The van der Waals surface area contributed by atoms with Crippen molar-refractivity contribution >= 4 is 23.3 Å². The Morgan fingerprint density at radius 3 is 2.88 bits per heavy atom. The van der Waals surface area contributed by atoms with Crippen LogP contribution < -0.4 is 10.6 Å². The van der Waals surface area contributed by atoms with E-state index < -0.39 is 18.7 Å². The van der Waals surface area contributed by atoms with Crippen LogP contribution in [0.15, 0.2) is 18.2 Å². The predicted octanol–water partition coefficient (Wildman–Crippen LogP) is 1.12. The molecule has 1 aromatic carbocycles. The van der Waals surface area contributed by atoms with Gasteiger partial charge >= 0.3 is 6.03 Å². The zero-order valence-corrected chi connectivity index (χ0v) is 10.2. The fraction of sp³-hybridized carbons (Fsp3) is 0.364. The molecule has 0 aliphatic heterocycles. The number of amides is 2. The van der Waals surface area contributed by atoms with Crippen LogP contribution in [0.1, 0.15) is 5.56 Å². The lowest BCUT2D eigenvalue weighted by Gasteiger charge is -2.12. The van der Waals surface area contributed by atoms with Gasteiger partial charge in [-0.2, -0.15) is 0 Å². The van der Waals surface area contributed by atoms with Gasteiger partial charge in [-0.1, -0.05) is 17.7 Å². The Kier molecular flexibility index (Phi) is 5.21. The van der Waals surface area contributed by atoms with Crippen molar-refractivity contribution in [2.75, 3.05) is 18.5 Å². The summed E-state index contributed by atoms with van der Waals surface area (Å²) in [6.07, 6.45) is -0.957. The largest absolute Gasteiger partial charge is 0.394 e. The second-order valence-electron chi connectivity index (χ2n) is 3.63. The Labute approximate surface area is 104 Å². The molecule has 0 aliphatic rings. The van der Waals surface area contributed by atoms with E-state index in [1.165, 1.54) is 0 Å². The average Bonchev–Trinajstić information content (AvgIpc) is 2.30. The summed E-state index contributed by atoms with van der Waals surface area (Å²) in [5.41, 5.74) is 1.49. The molecule has 0 bridgehead atoms. The SMILES string of the molecule is Cc1ccc(Cl)cc1NC(=O)NCC(O)CO. The van der Waals surface area contributed by atoms with Crippen molar-refractivity contribution in [3.05, 3.63) is 28.8 Å². The third kappa shape index (κ3) is 4.60. The van der Waals surface area contributed by atoms with Gasteiger partial charge in [0, 0.05) is 17.3 Å². The molecule has 1 atom stereocenters. The normalized spacial score (nSPS) is 12.0. The predicted molar refractivity (Wildman–Crippen MR) is 66.3 cm³/mol. The highest BCUT2D eigenvalue weighted by Crippen LogP contribution is 2.19. The number of nitrogens with one attached hydrogen (secondary N) is 2. The molecular weight excluding hydrogens is 244 g/mol. The number of urea groups is 1. The molecule has 1 rings (SSSR count). The third-order valence-electron chi connectivity index (χ3n) is 2.16. The van der Waals surface area contributed by atoms with Crippen molar-refractivity contribution in [3.63, 3.8) is 0 Å². The standard InChI is InChI=1S/C11H15ClN2O3/c1-7-2-3-8(12)4-10(7)14-11(17)13-5-9(16)6-15/h2-4,9,15-16H,5-6H2,1H3,(H2,13,14,17). The van der Waals surface area contributed by atoms with Crippen LogP contribution in [0, 0.1) is 6.92 Å². The number of aryl methyl sites for hydroxylation is 1. The van der Waals surface area contributed by atoms with Crippen LogP contribution in [0.2, 0.25) is 5.02 Å². The van der Waals surface area contributed by atoms with Crippen molar-refractivity contribution in [2.24, 2.45) is 0 Å². The van der Waals surface area contributed by atoms with Crippen molar-refractivity contribution in [1.29, 1.82) is 0 Å². The van der Waals surface area contributed by atoms with Gasteiger partial charge in [0.15, 0.2) is 0 Å². The first kappa shape index (κ1) is 13.8. The van der Waals surface area contributed by atoms with E-state index in [1.54, 1.807) is 18.2 Å². The fourth-order valence-corrected chi connectivity index (χ4v) is 1.34. The molecule has 1 aromatic rings. The van der Waals surface area contributed by atoms with Gasteiger partial charge in [0.05, 0.1) is 12.7 Å². The van der Waals surface area contributed by atoms with Crippen LogP contribution in [0.25, 0.3) is 0 Å². The summed E-state index contributed by atoms with van der Waals surface area (Å²) < 4.78 is 0. The molecule has 0 fully saturated rings. The third-order valence-corrected chi connectivity index (χ3v) is 2.39. The molecule has 4 N–H and O–H groups in total. The molecule has 0 saturated carbocycles. The summed E-state index contributed by atoms with van der Waals surface area (Å²) in [6.45, 7) is 1.44. The van der Waals surface area contributed by atoms with E-state index >= 15 is 0 Å². The molecule has 0 radical (unpaired) electrons. The summed E-state index contributed by atoms with van der Waals surface area (Å²) in [4.78, 5) is 11.4. The first-order valence-corrected chi connectivity index (χ1v) is 5.50. The minimum absolute atomic E-state index is 0.0120. The summed E-state index contributed by atoms with van der Waals surface area (Å²) in [7, 11) is 0. The summed E-state index contributed by atoms with van der Waals surface area (Å²) in [5.74, 6) is 0. The zero-order chi connectivity index (χ0) is 12.8. The minimum atomic E-state index is -0.957. The van der Waals surface area contributed by atoms with Gasteiger partial charge in [-0.15, -0.1) is 0 Å². The minimum Gasteiger partial charge on any atom is -0.394 e. The Hall–Kier alpha value is -1.30. The molecule has 0 heterocycles. The number of rotatable bonds is 4. The van der Waals surface area contributed by atoms with Gasteiger partial charge in [-0.05, 0) is 24.6 Å². The van der Waals surface area contributed by atoms with E-state index in [0.29, 0.717) is 10.7 Å². The highest BCUT2D eigenvalue weighted by molar-refractivity contribution is 6.31. The molecular formula is C11H15ClN2O3. The van der Waals surface area contributed by atoms with Gasteiger partial charge in [0.2, 0.25) is 0 Å². The second kappa shape index (κ2) is 6.44. The van der Waals surface area contributed by atoms with Crippen LogP contribution in [-0.4, -0.2) is 35.5 Å². The van der Waals surface area contributed by atoms with E-state index in [9.17, 15) is 4.79 Å². The molecule has 0 spiro atoms. The summed E-state index contributed by atoms with van der Waals surface area (Å²) in [6, 6.07) is 4.71. The van der Waals surface area contributed by atoms with E-state index in [0.717, 1.165) is 5.56 Å². The van der Waals surface area contributed by atoms with Gasteiger partial charge in [0.25, 0.3) is 0 Å². The molecule has 2 amide bonds. The number of hydrogen-bond acceptors (Lipinski definition) is 3. The number of carbonyl (C=O) groups is 1. The van der Waals surface area contributed by atoms with E-state index in [2.05, 4.69) is 10.6 Å². The Morgan fingerprint density at radius 1 is 1.53 bits per heavy atom. The lowest BCUT2D eigenvalue weighted by Crippen LogP contribution is -2.36. The van der Waals surface area contributed by atoms with Gasteiger partial charge in [-0.3, -0.25) is 0 Å². The number of carbonyl (C=O) groups excluding carboxylic acids is 1. The Balaban J connectivity index is 2.53. The van der Waals surface area contributed by atoms with Crippen molar-refractivity contribution in [1.82, 2.24) is 5.32 Å². The van der Waals surface area contributed by atoms with Crippen molar-refractivity contribution in [2.45, 2.75) is 13.0 Å². The quantitative estimate of drug-likeness (QED) is 0.653. The Bertz CT molecular complexity index is 398. The van der Waals surface area contributed by atoms with Gasteiger partial charge in [-0.25, -0.2) is 4.79 Å². The summed E-state index contributed by atoms with van der Waals surface area (Å²) >= 11 is 5.81. The molecule has 0 saturated heterocycles. The van der Waals surface area contributed by atoms with Crippen LogP contribution in [-0.2, 0) is 0 Å². The second-order valence-corrected chi connectivity index (χ2v) is 4.07. The van der Waals surface area contributed by atoms with Crippen LogP contribution in [0.5, 0.6) is 0 Å². The average molecular weight is 259 g/mol. The van der Waals surface area contributed by atoms with Gasteiger partial charge in [0.1, 0.15) is 0 Å². The number of benzene rings is 1. The smallest absolute Gasteiger partial charge is 0.319 e. The lowest BCUT2D eigenvalue weighted by molar-refractivity contribution is 0.0965. The lowest BCUT2D eigenvalue weighted by atomic mass is 10.2. The highest BCUT2D eigenvalue weighted by Gasteiger charge is 2.07. The summed E-state index contributed by atoms with van der Waals surface area (Å²) in [5, 5.41) is 23.2. The first-order valence-electron chi connectivity index (χ1n) is 5.13. The van der Waals surface area contributed by atoms with Crippen LogP contribution in [0.4, 0.5) is 10.5 Å². The highest BCUT2D eigenvalue weighted by atomic mass is 35.5. The maximum Gasteiger partial charge on any atom is 0.319 e. The van der Waals surface area contributed by atoms with Gasteiger partial charge < -0.3 is 20.8 Å². The van der Waals surface area contributed by atoms with E-state index in [1.807, 2.05) is 6.92 Å². The Morgan fingerprint density at radius 2 is 2.24 bits per heavy atom. The maximum absolute atomic E-state index is 11.4.